The number of benzene rings is 1. The molecule has 1 heterocycles. The molecule has 1 aromatic heterocycles. The Balaban J connectivity index is 2.00. The molecule has 0 spiro atoms. The molecule has 0 bridgehead atoms. The average Bonchev–Trinajstić information content (AvgIpc) is 2.92. The molecule has 0 aliphatic heterocycles. The third-order valence-electron chi connectivity index (χ3n) is 3.32. The summed E-state index contributed by atoms with van der Waals surface area (Å²) < 4.78 is 6.77. The summed E-state index contributed by atoms with van der Waals surface area (Å²) in [5, 5.41) is 20.5. The molecule has 0 fully saturated rings. The molecule has 1 atom stereocenters. The van der Waals surface area contributed by atoms with Crippen LogP contribution in [0.3, 0.4) is 0 Å². The fourth-order valence-corrected chi connectivity index (χ4v) is 1.89. The molecule has 0 aliphatic rings. The second kappa shape index (κ2) is 6.83. The summed E-state index contributed by atoms with van der Waals surface area (Å²) in [6, 6.07) is 7.68. The zero-order chi connectivity index (χ0) is 15.2. The van der Waals surface area contributed by atoms with E-state index >= 15 is 0 Å². The van der Waals surface area contributed by atoms with Crippen LogP contribution < -0.4 is 4.74 Å². The van der Waals surface area contributed by atoms with E-state index in [1.807, 2.05) is 24.3 Å². The van der Waals surface area contributed by atoms with Crippen LogP contribution in [0.2, 0.25) is 0 Å². The van der Waals surface area contributed by atoms with Gasteiger partial charge in [-0.05, 0) is 34.5 Å². The average molecular weight is 290 g/mol. The number of methoxy groups -OCH3 is 1. The Hall–Kier alpha value is -2.44. The van der Waals surface area contributed by atoms with Gasteiger partial charge >= 0.3 is 5.97 Å². The van der Waals surface area contributed by atoms with Crippen molar-refractivity contribution in [2.24, 2.45) is 5.92 Å². The molecule has 21 heavy (non-hydrogen) atoms. The van der Waals surface area contributed by atoms with Crippen LogP contribution in [-0.2, 0) is 17.8 Å². The van der Waals surface area contributed by atoms with E-state index in [1.54, 1.807) is 18.7 Å². The fourth-order valence-electron chi connectivity index (χ4n) is 1.89. The summed E-state index contributed by atoms with van der Waals surface area (Å²) in [7, 11) is 1.62. The first-order valence-corrected chi connectivity index (χ1v) is 6.71. The van der Waals surface area contributed by atoms with Gasteiger partial charge in [0, 0.05) is 13.0 Å². The van der Waals surface area contributed by atoms with Crippen molar-refractivity contribution in [1.82, 2.24) is 20.2 Å². The number of hydrogen-bond donors (Lipinski definition) is 1. The van der Waals surface area contributed by atoms with Gasteiger partial charge in [-0.25, -0.2) is 4.68 Å². The molecule has 0 saturated carbocycles. The van der Waals surface area contributed by atoms with E-state index in [2.05, 4.69) is 15.5 Å². The highest BCUT2D eigenvalue weighted by molar-refractivity contribution is 5.69. The first kappa shape index (κ1) is 15.0. The standard InChI is InChI=1S/C14H18N4O3/c1-10(14(19)20)7-8-18-13(15-16-17-18)9-11-3-5-12(21-2)6-4-11/h3-6,10H,7-9H2,1-2H3,(H,19,20). The summed E-state index contributed by atoms with van der Waals surface area (Å²) in [5.41, 5.74) is 1.07. The molecule has 1 unspecified atom stereocenters. The number of carboxylic acids is 1. The van der Waals surface area contributed by atoms with Crippen LogP contribution in [0.15, 0.2) is 24.3 Å². The Kier molecular flexibility index (Phi) is 4.86. The Labute approximate surface area is 122 Å². The highest BCUT2D eigenvalue weighted by Gasteiger charge is 2.13. The van der Waals surface area contributed by atoms with Gasteiger partial charge in [0.2, 0.25) is 0 Å². The topological polar surface area (TPSA) is 90.1 Å². The Bertz CT molecular complexity index is 595. The zero-order valence-electron chi connectivity index (χ0n) is 12.1. The van der Waals surface area contributed by atoms with Gasteiger partial charge in [-0.2, -0.15) is 0 Å². The van der Waals surface area contributed by atoms with Gasteiger partial charge in [0.1, 0.15) is 5.75 Å². The smallest absolute Gasteiger partial charge is 0.306 e. The number of aliphatic carboxylic acids is 1. The van der Waals surface area contributed by atoms with Crippen molar-refractivity contribution in [2.75, 3.05) is 7.11 Å². The van der Waals surface area contributed by atoms with Crippen molar-refractivity contribution in [1.29, 1.82) is 0 Å². The minimum absolute atomic E-state index is 0.414. The third-order valence-corrected chi connectivity index (χ3v) is 3.32. The molecule has 112 valence electrons. The van der Waals surface area contributed by atoms with Crippen molar-refractivity contribution in [2.45, 2.75) is 26.3 Å². The number of rotatable bonds is 7. The third kappa shape index (κ3) is 4.01. The monoisotopic (exact) mass is 290 g/mol. The van der Waals surface area contributed by atoms with Crippen molar-refractivity contribution >= 4 is 5.97 Å². The lowest BCUT2D eigenvalue weighted by Crippen LogP contribution is -2.15. The molecule has 7 nitrogen and oxygen atoms in total. The highest BCUT2D eigenvalue weighted by Crippen LogP contribution is 2.14. The normalized spacial score (nSPS) is 12.1. The predicted molar refractivity (Wildman–Crippen MR) is 75.0 cm³/mol. The number of ether oxygens (including phenoxy) is 1. The summed E-state index contributed by atoms with van der Waals surface area (Å²) in [6.45, 7) is 2.17. The lowest BCUT2D eigenvalue weighted by Gasteiger charge is -2.08. The van der Waals surface area contributed by atoms with E-state index in [1.165, 1.54) is 0 Å². The van der Waals surface area contributed by atoms with E-state index in [0.29, 0.717) is 19.4 Å². The fraction of sp³-hybridized carbons (Fsp3) is 0.429. The Morgan fingerprint density at radius 1 is 1.38 bits per heavy atom. The number of aryl methyl sites for hydroxylation is 1. The van der Waals surface area contributed by atoms with Gasteiger partial charge < -0.3 is 9.84 Å². The molecule has 1 N–H and O–H groups in total. The number of nitrogens with zero attached hydrogens (tertiary/aromatic N) is 4. The number of hydrogen-bond acceptors (Lipinski definition) is 5. The van der Waals surface area contributed by atoms with Gasteiger partial charge in [-0.3, -0.25) is 4.79 Å². The first-order chi connectivity index (χ1) is 10.1. The minimum Gasteiger partial charge on any atom is -0.497 e. The lowest BCUT2D eigenvalue weighted by atomic mass is 10.1. The summed E-state index contributed by atoms with van der Waals surface area (Å²) in [4.78, 5) is 10.8. The summed E-state index contributed by atoms with van der Waals surface area (Å²) >= 11 is 0. The summed E-state index contributed by atoms with van der Waals surface area (Å²) in [6.07, 6.45) is 1.09. The molecule has 0 saturated heterocycles. The molecule has 2 rings (SSSR count). The second-order valence-electron chi connectivity index (χ2n) is 4.87. The van der Waals surface area contributed by atoms with Crippen molar-refractivity contribution in [3.63, 3.8) is 0 Å². The first-order valence-electron chi connectivity index (χ1n) is 6.71. The number of aromatic nitrogens is 4. The molecular formula is C14H18N4O3. The van der Waals surface area contributed by atoms with Gasteiger partial charge in [0.15, 0.2) is 5.82 Å². The minimum atomic E-state index is -0.806. The van der Waals surface area contributed by atoms with Crippen LogP contribution in [0.5, 0.6) is 5.75 Å². The van der Waals surface area contributed by atoms with E-state index in [0.717, 1.165) is 17.1 Å². The van der Waals surface area contributed by atoms with Crippen LogP contribution in [-0.4, -0.2) is 38.4 Å². The van der Waals surface area contributed by atoms with Crippen LogP contribution in [0, 0.1) is 5.92 Å². The van der Waals surface area contributed by atoms with E-state index in [9.17, 15) is 4.79 Å². The van der Waals surface area contributed by atoms with Gasteiger partial charge in [0.05, 0.1) is 13.0 Å². The van der Waals surface area contributed by atoms with E-state index in [4.69, 9.17) is 9.84 Å². The molecule has 0 radical (unpaired) electrons. The van der Waals surface area contributed by atoms with Gasteiger partial charge in [0.25, 0.3) is 0 Å². The van der Waals surface area contributed by atoms with E-state index < -0.39 is 11.9 Å². The maximum Gasteiger partial charge on any atom is 0.306 e. The zero-order valence-corrected chi connectivity index (χ0v) is 12.1. The second-order valence-corrected chi connectivity index (χ2v) is 4.87. The quantitative estimate of drug-likeness (QED) is 0.828. The highest BCUT2D eigenvalue weighted by atomic mass is 16.5. The van der Waals surface area contributed by atoms with Crippen molar-refractivity contribution < 1.29 is 14.6 Å². The molecule has 7 heteroatoms. The molecule has 0 amide bonds. The SMILES string of the molecule is COc1ccc(Cc2nnnn2CCC(C)C(=O)O)cc1. The molecular weight excluding hydrogens is 272 g/mol. The lowest BCUT2D eigenvalue weighted by molar-refractivity contribution is -0.141. The van der Waals surface area contributed by atoms with Crippen LogP contribution in [0.1, 0.15) is 24.7 Å². The Morgan fingerprint density at radius 3 is 2.71 bits per heavy atom. The van der Waals surface area contributed by atoms with Crippen LogP contribution in [0.25, 0.3) is 0 Å². The number of tetrazole rings is 1. The van der Waals surface area contributed by atoms with Crippen LogP contribution in [0.4, 0.5) is 0 Å². The van der Waals surface area contributed by atoms with Crippen LogP contribution >= 0.6 is 0 Å². The van der Waals surface area contributed by atoms with Gasteiger partial charge in [-0.15, -0.1) is 5.10 Å². The molecule has 2 aromatic rings. The molecule has 1 aromatic carbocycles. The largest absolute Gasteiger partial charge is 0.497 e. The van der Waals surface area contributed by atoms with E-state index in [-0.39, 0.29) is 0 Å². The predicted octanol–water partition coefficient (Wildman–Crippen LogP) is 1.38. The summed E-state index contributed by atoms with van der Waals surface area (Å²) in [5.74, 6) is 0.300. The maximum absolute atomic E-state index is 10.8. The Morgan fingerprint density at radius 2 is 2.10 bits per heavy atom. The number of carboxylic acid groups (broad SMARTS) is 1. The maximum atomic E-state index is 10.8. The van der Waals surface area contributed by atoms with Crippen molar-refractivity contribution in [3.05, 3.63) is 35.7 Å². The van der Waals surface area contributed by atoms with Gasteiger partial charge in [-0.1, -0.05) is 19.1 Å². The van der Waals surface area contributed by atoms with Crippen molar-refractivity contribution in [3.8, 4) is 5.75 Å². The molecule has 0 aliphatic carbocycles. The number of carbonyl (C=O) groups is 1.